The summed E-state index contributed by atoms with van der Waals surface area (Å²) in [5, 5.41) is 6.96. The van der Waals surface area contributed by atoms with Crippen LogP contribution in [0.3, 0.4) is 0 Å². The Labute approximate surface area is 126 Å². The third kappa shape index (κ3) is 3.68. The van der Waals surface area contributed by atoms with Crippen molar-refractivity contribution in [2.75, 3.05) is 10.6 Å². The van der Waals surface area contributed by atoms with Crippen molar-refractivity contribution in [2.45, 2.75) is 6.92 Å². The Hall–Kier alpha value is -1.14. The van der Waals surface area contributed by atoms with E-state index in [0.717, 1.165) is 11.4 Å². The first-order valence-electron chi connectivity index (χ1n) is 5.54. The van der Waals surface area contributed by atoms with Crippen molar-refractivity contribution in [1.82, 2.24) is 0 Å². The highest BCUT2D eigenvalue weighted by molar-refractivity contribution is 14.1. The molecule has 0 aliphatic carbocycles. The zero-order chi connectivity index (χ0) is 13.0. The lowest BCUT2D eigenvalue weighted by Crippen LogP contribution is -2.19. The molecule has 0 unspecified atom stereocenters. The van der Waals surface area contributed by atoms with Crippen molar-refractivity contribution in [3.63, 3.8) is 0 Å². The summed E-state index contributed by atoms with van der Waals surface area (Å²) >= 11 is 7.58. The van der Waals surface area contributed by atoms with E-state index in [4.69, 9.17) is 12.2 Å². The highest BCUT2D eigenvalue weighted by Crippen LogP contribution is 2.18. The van der Waals surface area contributed by atoms with E-state index in [9.17, 15) is 0 Å². The van der Waals surface area contributed by atoms with E-state index in [-0.39, 0.29) is 0 Å². The maximum atomic E-state index is 5.29. The molecule has 0 atom stereocenters. The molecule has 0 saturated heterocycles. The molecule has 0 fully saturated rings. The average Bonchev–Trinajstić information content (AvgIpc) is 2.34. The smallest absolute Gasteiger partial charge is 0.175 e. The fourth-order valence-electron chi connectivity index (χ4n) is 1.57. The van der Waals surface area contributed by atoms with Crippen LogP contribution in [0.5, 0.6) is 0 Å². The fourth-order valence-corrected chi connectivity index (χ4v) is 2.45. The minimum atomic E-state index is 0.602. The molecule has 0 amide bonds. The van der Waals surface area contributed by atoms with Gasteiger partial charge in [0.2, 0.25) is 0 Å². The molecular formula is C14H13IN2S. The number of halogens is 1. The zero-order valence-corrected chi connectivity index (χ0v) is 12.9. The SMILES string of the molecule is Cc1cc(I)ccc1NC(=S)Nc1ccccc1. The van der Waals surface area contributed by atoms with Gasteiger partial charge in [0.25, 0.3) is 0 Å². The quantitative estimate of drug-likeness (QED) is 0.607. The number of rotatable bonds is 2. The Morgan fingerprint density at radius 2 is 1.78 bits per heavy atom. The van der Waals surface area contributed by atoms with Gasteiger partial charge in [-0.1, -0.05) is 18.2 Å². The molecule has 0 saturated carbocycles. The van der Waals surface area contributed by atoms with Gasteiger partial charge in [0.15, 0.2) is 5.11 Å². The largest absolute Gasteiger partial charge is 0.332 e. The van der Waals surface area contributed by atoms with E-state index in [1.54, 1.807) is 0 Å². The van der Waals surface area contributed by atoms with E-state index in [2.05, 4.69) is 52.3 Å². The second-order valence-corrected chi connectivity index (χ2v) is 5.56. The summed E-state index contributed by atoms with van der Waals surface area (Å²) in [7, 11) is 0. The first kappa shape index (κ1) is 13.3. The van der Waals surface area contributed by atoms with Gasteiger partial charge < -0.3 is 10.6 Å². The van der Waals surface area contributed by atoms with Crippen LogP contribution in [0, 0.1) is 10.5 Å². The number of para-hydroxylation sites is 1. The molecule has 2 N–H and O–H groups in total. The summed E-state index contributed by atoms with van der Waals surface area (Å²) in [4.78, 5) is 0. The predicted molar refractivity (Wildman–Crippen MR) is 90.2 cm³/mol. The maximum Gasteiger partial charge on any atom is 0.175 e. The monoisotopic (exact) mass is 368 g/mol. The molecule has 0 aliphatic rings. The molecule has 2 aromatic rings. The van der Waals surface area contributed by atoms with E-state index in [1.807, 2.05) is 36.4 Å². The molecule has 92 valence electrons. The minimum Gasteiger partial charge on any atom is -0.332 e. The van der Waals surface area contributed by atoms with Gasteiger partial charge in [-0.15, -0.1) is 0 Å². The lowest BCUT2D eigenvalue weighted by Gasteiger charge is -2.12. The summed E-state index contributed by atoms with van der Waals surface area (Å²) in [6, 6.07) is 16.1. The van der Waals surface area contributed by atoms with Crippen LogP contribution in [0.1, 0.15) is 5.56 Å². The van der Waals surface area contributed by atoms with Crippen LogP contribution in [0.4, 0.5) is 11.4 Å². The first-order chi connectivity index (χ1) is 8.65. The third-order valence-corrected chi connectivity index (χ3v) is 3.34. The first-order valence-corrected chi connectivity index (χ1v) is 7.03. The van der Waals surface area contributed by atoms with Crippen molar-refractivity contribution in [3.05, 3.63) is 57.7 Å². The zero-order valence-electron chi connectivity index (χ0n) is 9.91. The van der Waals surface area contributed by atoms with Gasteiger partial charge in [-0.25, -0.2) is 0 Å². The minimum absolute atomic E-state index is 0.602. The Balaban J connectivity index is 2.03. The van der Waals surface area contributed by atoms with Gasteiger partial charge in [0.05, 0.1) is 0 Å². The second kappa shape index (κ2) is 6.15. The number of anilines is 2. The van der Waals surface area contributed by atoms with Gasteiger partial charge in [-0.05, 0) is 77.6 Å². The molecular weight excluding hydrogens is 355 g/mol. The second-order valence-electron chi connectivity index (χ2n) is 3.90. The Morgan fingerprint density at radius 3 is 2.44 bits per heavy atom. The number of hydrogen-bond donors (Lipinski definition) is 2. The van der Waals surface area contributed by atoms with Crippen molar-refractivity contribution >= 4 is 51.3 Å². The van der Waals surface area contributed by atoms with Crippen LogP contribution in [0.2, 0.25) is 0 Å². The maximum absolute atomic E-state index is 5.29. The van der Waals surface area contributed by atoms with Crippen molar-refractivity contribution in [1.29, 1.82) is 0 Å². The Bertz CT molecular complexity index is 555. The molecule has 0 spiro atoms. The van der Waals surface area contributed by atoms with Crippen molar-refractivity contribution in [3.8, 4) is 0 Å². The van der Waals surface area contributed by atoms with Crippen molar-refractivity contribution < 1.29 is 0 Å². The Morgan fingerprint density at radius 1 is 1.06 bits per heavy atom. The molecule has 0 aromatic heterocycles. The van der Waals surface area contributed by atoms with Crippen LogP contribution in [0.25, 0.3) is 0 Å². The van der Waals surface area contributed by atoms with E-state index < -0.39 is 0 Å². The van der Waals surface area contributed by atoms with Crippen LogP contribution < -0.4 is 10.6 Å². The summed E-state index contributed by atoms with van der Waals surface area (Å²) < 4.78 is 1.22. The van der Waals surface area contributed by atoms with Crippen LogP contribution >= 0.6 is 34.8 Å². The van der Waals surface area contributed by atoms with Gasteiger partial charge in [0.1, 0.15) is 0 Å². The van der Waals surface area contributed by atoms with Gasteiger partial charge in [0, 0.05) is 14.9 Å². The van der Waals surface area contributed by atoms with E-state index >= 15 is 0 Å². The van der Waals surface area contributed by atoms with Gasteiger partial charge in [-0.2, -0.15) is 0 Å². The normalized spacial score (nSPS) is 9.89. The van der Waals surface area contributed by atoms with Gasteiger partial charge >= 0.3 is 0 Å². The average molecular weight is 368 g/mol. The van der Waals surface area contributed by atoms with E-state index in [0.29, 0.717) is 5.11 Å². The molecule has 0 radical (unpaired) electrons. The summed E-state index contributed by atoms with van der Waals surface area (Å²) in [6.07, 6.45) is 0. The predicted octanol–water partition coefficient (Wildman–Crippen LogP) is 4.41. The topological polar surface area (TPSA) is 24.1 Å². The lowest BCUT2D eigenvalue weighted by molar-refractivity contribution is 1.43. The Kier molecular flexibility index (Phi) is 4.54. The number of thiocarbonyl (C=S) groups is 1. The highest BCUT2D eigenvalue weighted by Gasteiger charge is 2.01. The molecule has 0 aliphatic heterocycles. The molecule has 18 heavy (non-hydrogen) atoms. The summed E-state index contributed by atoms with van der Waals surface area (Å²) in [6.45, 7) is 2.07. The van der Waals surface area contributed by atoms with Gasteiger partial charge in [-0.3, -0.25) is 0 Å². The highest BCUT2D eigenvalue weighted by atomic mass is 127. The van der Waals surface area contributed by atoms with Crippen molar-refractivity contribution in [2.24, 2.45) is 0 Å². The number of hydrogen-bond acceptors (Lipinski definition) is 1. The molecule has 2 rings (SSSR count). The molecule has 2 aromatic carbocycles. The van der Waals surface area contributed by atoms with Crippen LogP contribution in [-0.2, 0) is 0 Å². The fraction of sp³-hybridized carbons (Fsp3) is 0.0714. The molecule has 4 heteroatoms. The van der Waals surface area contributed by atoms with Crippen LogP contribution in [-0.4, -0.2) is 5.11 Å². The van der Waals surface area contributed by atoms with E-state index in [1.165, 1.54) is 9.13 Å². The molecule has 0 bridgehead atoms. The lowest BCUT2D eigenvalue weighted by atomic mass is 10.2. The summed E-state index contributed by atoms with van der Waals surface area (Å²) in [5.74, 6) is 0. The third-order valence-electron chi connectivity index (χ3n) is 2.47. The standard InChI is InChI=1S/C14H13IN2S/c1-10-9-11(15)7-8-13(10)17-14(18)16-12-5-3-2-4-6-12/h2-9H,1H3,(H2,16,17,18). The number of nitrogens with one attached hydrogen (secondary N) is 2. The molecule has 0 heterocycles. The molecule has 2 nitrogen and oxygen atoms in total. The number of aryl methyl sites for hydroxylation is 1. The van der Waals surface area contributed by atoms with Crippen LogP contribution in [0.15, 0.2) is 48.5 Å². The number of benzene rings is 2. The summed E-state index contributed by atoms with van der Waals surface area (Å²) in [5.41, 5.74) is 3.20.